The molecule has 0 aliphatic heterocycles. The molecule has 1 aromatic heterocycles. The van der Waals surface area contributed by atoms with E-state index in [2.05, 4.69) is 28.5 Å². The lowest BCUT2D eigenvalue weighted by Gasteiger charge is -2.21. The van der Waals surface area contributed by atoms with Gasteiger partial charge in [-0.25, -0.2) is 0 Å². The highest BCUT2D eigenvalue weighted by Crippen LogP contribution is 2.43. The molecule has 0 saturated heterocycles. The second kappa shape index (κ2) is 15.0. The number of aromatic nitrogens is 1. The van der Waals surface area contributed by atoms with E-state index in [1.54, 1.807) is 12.3 Å². The number of hydrogen-bond acceptors (Lipinski definition) is 8. The second-order valence-corrected chi connectivity index (χ2v) is 11.4. The van der Waals surface area contributed by atoms with Crippen molar-refractivity contribution in [2.75, 3.05) is 13.7 Å². The lowest BCUT2D eigenvalue weighted by Crippen LogP contribution is -2.31. The SMILES string of the molecule is CC[C@H](CO)NCc1cc(Cl)c(O[C@H]2CCc3c(-c4ccccc4CC(=O)OC)cccc32)cc1OCc1cncc(C#N)c1. The van der Waals surface area contributed by atoms with Gasteiger partial charge in [0, 0.05) is 42.2 Å². The smallest absolute Gasteiger partial charge is 0.309 e. The third kappa shape index (κ3) is 7.63. The monoisotopic (exact) mass is 625 g/mol. The first-order valence-corrected chi connectivity index (χ1v) is 15.4. The maximum atomic E-state index is 12.1. The summed E-state index contributed by atoms with van der Waals surface area (Å²) >= 11 is 6.81. The van der Waals surface area contributed by atoms with Crippen LogP contribution in [0.15, 0.2) is 73.1 Å². The van der Waals surface area contributed by atoms with Gasteiger partial charge in [0.25, 0.3) is 0 Å². The predicted octanol–water partition coefficient (Wildman–Crippen LogP) is 6.49. The van der Waals surface area contributed by atoms with Gasteiger partial charge in [-0.3, -0.25) is 9.78 Å². The van der Waals surface area contributed by atoms with Gasteiger partial charge in [-0.15, -0.1) is 0 Å². The van der Waals surface area contributed by atoms with Crippen LogP contribution in [0.25, 0.3) is 11.1 Å². The quantitative estimate of drug-likeness (QED) is 0.162. The van der Waals surface area contributed by atoms with E-state index in [1.165, 1.54) is 18.9 Å². The number of benzene rings is 3. The molecule has 0 unspecified atom stereocenters. The summed E-state index contributed by atoms with van der Waals surface area (Å²) in [6, 6.07) is 21.5. The number of ether oxygens (including phenoxy) is 3. The number of aliphatic hydroxyl groups is 1. The van der Waals surface area contributed by atoms with Crippen molar-refractivity contribution in [3.8, 4) is 28.7 Å². The standard InChI is InChI=1S/C36H36ClN3O5/c1-3-27(21-41)40-20-26-14-32(37)35(16-34(26)44-22-24-13-23(17-38)18-39-19-24)45-33-12-11-30-29(9-6-10-31(30)33)28-8-5-4-7-25(28)15-36(42)43-2/h4-10,13-14,16,18-19,27,33,40-41H,3,11-12,15,20-22H2,1-2H3/t27-,33+/m1/s1. The van der Waals surface area contributed by atoms with Gasteiger partial charge in [0.05, 0.1) is 30.7 Å². The fourth-order valence-corrected chi connectivity index (χ4v) is 5.86. The first-order chi connectivity index (χ1) is 21.9. The summed E-state index contributed by atoms with van der Waals surface area (Å²) < 4.78 is 17.8. The molecule has 0 saturated carbocycles. The van der Waals surface area contributed by atoms with E-state index < -0.39 is 0 Å². The van der Waals surface area contributed by atoms with Gasteiger partial charge in [0.2, 0.25) is 0 Å². The summed E-state index contributed by atoms with van der Waals surface area (Å²) in [6.07, 6.45) is 5.50. The maximum absolute atomic E-state index is 12.1. The molecule has 0 amide bonds. The molecule has 1 heterocycles. The zero-order chi connectivity index (χ0) is 31.8. The van der Waals surface area contributed by atoms with E-state index in [0.717, 1.165) is 52.6 Å². The number of esters is 1. The molecule has 0 fully saturated rings. The van der Waals surface area contributed by atoms with Gasteiger partial charge in [0.15, 0.2) is 0 Å². The minimum atomic E-state index is -0.279. The minimum Gasteiger partial charge on any atom is -0.488 e. The van der Waals surface area contributed by atoms with E-state index >= 15 is 0 Å². The van der Waals surface area contributed by atoms with Crippen LogP contribution in [0.3, 0.4) is 0 Å². The van der Waals surface area contributed by atoms with Gasteiger partial charge in [-0.1, -0.05) is 61.0 Å². The average molecular weight is 626 g/mol. The van der Waals surface area contributed by atoms with Gasteiger partial charge >= 0.3 is 5.97 Å². The number of nitriles is 1. The van der Waals surface area contributed by atoms with Crippen LogP contribution >= 0.6 is 11.6 Å². The van der Waals surface area contributed by atoms with Gasteiger partial charge in [0.1, 0.15) is 30.3 Å². The molecule has 1 aliphatic rings. The van der Waals surface area contributed by atoms with Crippen molar-refractivity contribution >= 4 is 17.6 Å². The van der Waals surface area contributed by atoms with Crippen molar-refractivity contribution in [1.29, 1.82) is 5.26 Å². The normalized spacial score (nSPS) is 14.3. The zero-order valence-electron chi connectivity index (χ0n) is 25.4. The summed E-state index contributed by atoms with van der Waals surface area (Å²) in [5.74, 6) is 0.807. The Morgan fingerprint density at radius 1 is 1.11 bits per heavy atom. The van der Waals surface area contributed by atoms with Crippen LogP contribution in [0.4, 0.5) is 0 Å². The number of nitrogens with zero attached hydrogens (tertiary/aromatic N) is 2. The fraction of sp³-hybridized carbons (Fsp3) is 0.306. The molecule has 4 aromatic rings. The van der Waals surface area contributed by atoms with Crippen molar-refractivity contribution in [2.45, 2.75) is 57.9 Å². The topological polar surface area (TPSA) is 114 Å². The highest BCUT2D eigenvalue weighted by Gasteiger charge is 2.28. The highest BCUT2D eigenvalue weighted by atomic mass is 35.5. The zero-order valence-corrected chi connectivity index (χ0v) is 26.1. The van der Waals surface area contributed by atoms with Crippen molar-refractivity contribution in [3.63, 3.8) is 0 Å². The number of hydrogen-bond donors (Lipinski definition) is 2. The minimum absolute atomic E-state index is 0.0183. The largest absolute Gasteiger partial charge is 0.488 e. The summed E-state index contributed by atoms with van der Waals surface area (Å²) in [5, 5.41) is 22.7. The molecule has 0 radical (unpaired) electrons. The van der Waals surface area contributed by atoms with Gasteiger partial charge < -0.3 is 24.6 Å². The second-order valence-electron chi connectivity index (χ2n) is 11.0. The van der Waals surface area contributed by atoms with Crippen LogP contribution < -0.4 is 14.8 Å². The van der Waals surface area contributed by atoms with Gasteiger partial charge in [-0.2, -0.15) is 5.26 Å². The Morgan fingerprint density at radius 3 is 2.71 bits per heavy atom. The first-order valence-electron chi connectivity index (χ1n) is 15.0. The number of halogens is 1. The number of methoxy groups -OCH3 is 1. The summed E-state index contributed by atoms with van der Waals surface area (Å²) in [6.45, 7) is 2.66. The van der Waals surface area contributed by atoms with Crippen molar-refractivity contribution in [1.82, 2.24) is 10.3 Å². The lowest BCUT2D eigenvalue weighted by atomic mass is 9.92. The Kier molecular flexibility index (Phi) is 10.7. The average Bonchev–Trinajstić information content (AvgIpc) is 3.48. The third-order valence-electron chi connectivity index (χ3n) is 8.08. The van der Waals surface area contributed by atoms with E-state index in [9.17, 15) is 15.2 Å². The van der Waals surface area contributed by atoms with Crippen molar-refractivity contribution in [3.05, 3.63) is 111 Å². The molecule has 1 aliphatic carbocycles. The number of aliphatic hydroxyl groups excluding tert-OH is 1. The predicted molar refractivity (Wildman–Crippen MR) is 172 cm³/mol. The maximum Gasteiger partial charge on any atom is 0.309 e. The molecule has 2 atom stereocenters. The van der Waals surface area contributed by atoms with Crippen LogP contribution in [0.2, 0.25) is 5.02 Å². The molecule has 45 heavy (non-hydrogen) atoms. The first kappa shape index (κ1) is 32.0. The van der Waals surface area contributed by atoms with E-state index in [4.69, 9.17) is 25.8 Å². The Bertz CT molecular complexity index is 1700. The molecule has 5 rings (SSSR count). The fourth-order valence-electron chi connectivity index (χ4n) is 5.63. The van der Waals surface area contributed by atoms with Crippen LogP contribution in [0.1, 0.15) is 59.3 Å². The molecule has 232 valence electrons. The number of fused-ring (bicyclic) bond motifs is 1. The van der Waals surface area contributed by atoms with Crippen LogP contribution in [0, 0.1) is 11.3 Å². The Morgan fingerprint density at radius 2 is 1.93 bits per heavy atom. The third-order valence-corrected chi connectivity index (χ3v) is 8.38. The highest BCUT2D eigenvalue weighted by molar-refractivity contribution is 6.32. The Hall–Kier alpha value is -4.42. The Balaban J connectivity index is 1.42. The molecule has 8 nitrogen and oxygen atoms in total. The number of nitrogens with one attached hydrogen (secondary N) is 1. The molecule has 0 bridgehead atoms. The molecule has 3 aromatic carbocycles. The van der Waals surface area contributed by atoms with E-state index in [-0.39, 0.29) is 37.7 Å². The number of rotatable bonds is 13. The summed E-state index contributed by atoms with van der Waals surface area (Å²) in [4.78, 5) is 16.2. The molecular formula is C36H36ClN3O5. The number of carbonyl (C=O) groups is 1. The number of carbonyl (C=O) groups excluding carboxylic acids is 1. The van der Waals surface area contributed by atoms with Crippen LogP contribution in [0.5, 0.6) is 11.5 Å². The van der Waals surface area contributed by atoms with Crippen molar-refractivity contribution in [2.24, 2.45) is 0 Å². The number of pyridine rings is 1. The van der Waals surface area contributed by atoms with E-state index in [1.807, 2.05) is 49.4 Å². The summed E-state index contributed by atoms with van der Waals surface area (Å²) in [7, 11) is 1.40. The van der Waals surface area contributed by atoms with Crippen LogP contribution in [-0.2, 0) is 35.5 Å². The molecule has 0 spiro atoms. The van der Waals surface area contributed by atoms with Crippen LogP contribution in [-0.4, -0.2) is 35.8 Å². The molecule has 2 N–H and O–H groups in total. The van der Waals surface area contributed by atoms with Gasteiger partial charge in [-0.05, 0) is 59.2 Å². The lowest BCUT2D eigenvalue weighted by molar-refractivity contribution is -0.139. The van der Waals surface area contributed by atoms with E-state index in [0.29, 0.717) is 28.6 Å². The molecular weight excluding hydrogens is 590 g/mol. The Labute approximate surface area is 268 Å². The molecule has 9 heteroatoms. The van der Waals surface area contributed by atoms with Crippen molar-refractivity contribution < 1.29 is 24.1 Å². The summed E-state index contributed by atoms with van der Waals surface area (Å²) in [5.41, 5.74) is 7.31.